The number of esters is 1. The van der Waals surface area contributed by atoms with Crippen molar-refractivity contribution in [2.24, 2.45) is 0 Å². The van der Waals surface area contributed by atoms with Crippen molar-refractivity contribution in [3.63, 3.8) is 0 Å². The van der Waals surface area contributed by atoms with Crippen LogP contribution in [0.4, 0.5) is 5.69 Å². The van der Waals surface area contributed by atoms with Gasteiger partial charge in [-0.1, -0.05) is 42.5 Å². The summed E-state index contributed by atoms with van der Waals surface area (Å²) in [7, 11) is 0. The van der Waals surface area contributed by atoms with Gasteiger partial charge in [-0.3, -0.25) is 4.79 Å². The van der Waals surface area contributed by atoms with E-state index >= 15 is 0 Å². The number of ether oxygens (including phenoxy) is 1. The number of benzene rings is 2. The molecule has 0 aliphatic rings. The Balaban J connectivity index is 1.88. The molecular formula is C17H19NO2. The molecule has 3 heteroatoms. The van der Waals surface area contributed by atoms with E-state index < -0.39 is 0 Å². The van der Waals surface area contributed by atoms with Crippen LogP contribution in [-0.4, -0.2) is 19.1 Å². The van der Waals surface area contributed by atoms with Gasteiger partial charge in [-0.25, -0.2) is 0 Å². The van der Waals surface area contributed by atoms with E-state index in [4.69, 9.17) is 4.74 Å². The van der Waals surface area contributed by atoms with Crippen LogP contribution in [0.2, 0.25) is 0 Å². The topological polar surface area (TPSA) is 38.3 Å². The molecule has 0 atom stereocenters. The second-order valence-electron chi connectivity index (χ2n) is 4.43. The van der Waals surface area contributed by atoms with Gasteiger partial charge in [-0.15, -0.1) is 0 Å². The number of carbonyl (C=O) groups excluding carboxylic acids is 1. The molecule has 2 aromatic carbocycles. The highest BCUT2D eigenvalue weighted by atomic mass is 16.5. The zero-order valence-corrected chi connectivity index (χ0v) is 11.6. The molecule has 0 saturated carbocycles. The lowest BCUT2D eigenvalue weighted by atomic mass is 10.1. The fourth-order valence-electron chi connectivity index (χ4n) is 1.95. The van der Waals surface area contributed by atoms with Gasteiger partial charge in [0.2, 0.25) is 0 Å². The van der Waals surface area contributed by atoms with Crippen LogP contribution in [0.25, 0.3) is 11.1 Å². The standard InChI is InChI=1S/C17H19NO2/c1-2-20-17(19)12-13-18-16-10-8-15(9-11-16)14-6-4-3-5-7-14/h3-11,18H,2,12-13H2,1H3. The zero-order chi connectivity index (χ0) is 14.2. The molecule has 0 saturated heterocycles. The van der Waals surface area contributed by atoms with Gasteiger partial charge in [0.25, 0.3) is 0 Å². The van der Waals surface area contributed by atoms with Gasteiger partial charge in [0.05, 0.1) is 13.0 Å². The third-order valence-electron chi connectivity index (χ3n) is 2.96. The van der Waals surface area contributed by atoms with Crippen LogP contribution in [0, 0.1) is 0 Å². The van der Waals surface area contributed by atoms with Crippen molar-refractivity contribution in [2.75, 3.05) is 18.5 Å². The third-order valence-corrected chi connectivity index (χ3v) is 2.96. The summed E-state index contributed by atoms with van der Waals surface area (Å²) in [6, 6.07) is 18.4. The first-order valence-corrected chi connectivity index (χ1v) is 6.84. The second-order valence-corrected chi connectivity index (χ2v) is 4.43. The Labute approximate surface area is 119 Å². The first kappa shape index (κ1) is 14.1. The monoisotopic (exact) mass is 269 g/mol. The first-order valence-electron chi connectivity index (χ1n) is 6.84. The van der Waals surface area contributed by atoms with Crippen LogP contribution in [0.3, 0.4) is 0 Å². The summed E-state index contributed by atoms with van der Waals surface area (Å²) in [5.41, 5.74) is 3.39. The highest BCUT2D eigenvalue weighted by molar-refractivity contribution is 5.70. The van der Waals surface area contributed by atoms with E-state index in [1.807, 2.05) is 37.3 Å². The Hall–Kier alpha value is -2.29. The van der Waals surface area contributed by atoms with E-state index in [1.165, 1.54) is 11.1 Å². The quantitative estimate of drug-likeness (QED) is 0.812. The molecule has 0 fully saturated rings. The predicted molar refractivity (Wildman–Crippen MR) is 81.6 cm³/mol. The molecule has 104 valence electrons. The summed E-state index contributed by atoms with van der Waals surface area (Å²) in [5.74, 6) is -0.166. The van der Waals surface area contributed by atoms with E-state index in [9.17, 15) is 4.79 Å². The van der Waals surface area contributed by atoms with Gasteiger partial charge >= 0.3 is 5.97 Å². The van der Waals surface area contributed by atoms with Crippen LogP contribution in [0.15, 0.2) is 54.6 Å². The number of anilines is 1. The highest BCUT2D eigenvalue weighted by Crippen LogP contribution is 2.20. The van der Waals surface area contributed by atoms with Crippen LogP contribution in [0.1, 0.15) is 13.3 Å². The second kappa shape index (κ2) is 7.34. The largest absolute Gasteiger partial charge is 0.466 e. The van der Waals surface area contributed by atoms with Crippen molar-refractivity contribution >= 4 is 11.7 Å². The van der Waals surface area contributed by atoms with Crippen molar-refractivity contribution in [3.8, 4) is 11.1 Å². The lowest BCUT2D eigenvalue weighted by Gasteiger charge is -2.07. The van der Waals surface area contributed by atoms with Crippen LogP contribution in [-0.2, 0) is 9.53 Å². The van der Waals surface area contributed by atoms with Gasteiger partial charge < -0.3 is 10.1 Å². The Morgan fingerprint density at radius 1 is 1.00 bits per heavy atom. The van der Waals surface area contributed by atoms with Crippen LogP contribution >= 0.6 is 0 Å². The molecule has 2 rings (SSSR count). The number of carbonyl (C=O) groups is 1. The predicted octanol–water partition coefficient (Wildman–Crippen LogP) is 3.72. The molecular weight excluding hydrogens is 250 g/mol. The molecule has 20 heavy (non-hydrogen) atoms. The van der Waals surface area contributed by atoms with Gasteiger partial charge in [-0.05, 0) is 30.2 Å². The van der Waals surface area contributed by atoms with Crippen LogP contribution < -0.4 is 5.32 Å². The summed E-state index contributed by atoms with van der Waals surface area (Å²) in [6.45, 7) is 2.84. The molecule has 0 radical (unpaired) electrons. The lowest BCUT2D eigenvalue weighted by molar-refractivity contribution is -0.142. The average molecular weight is 269 g/mol. The minimum absolute atomic E-state index is 0.166. The minimum atomic E-state index is -0.166. The zero-order valence-electron chi connectivity index (χ0n) is 11.6. The fraction of sp³-hybridized carbons (Fsp3) is 0.235. The molecule has 0 heterocycles. The number of rotatable bonds is 6. The van der Waals surface area contributed by atoms with E-state index in [0.717, 1.165) is 5.69 Å². The van der Waals surface area contributed by atoms with Crippen molar-refractivity contribution in [3.05, 3.63) is 54.6 Å². The van der Waals surface area contributed by atoms with Gasteiger partial charge in [0.15, 0.2) is 0 Å². The molecule has 0 unspecified atom stereocenters. The van der Waals surface area contributed by atoms with E-state index in [2.05, 4.69) is 29.6 Å². The number of hydrogen-bond acceptors (Lipinski definition) is 3. The SMILES string of the molecule is CCOC(=O)CCNc1ccc(-c2ccccc2)cc1. The van der Waals surface area contributed by atoms with E-state index in [1.54, 1.807) is 0 Å². The average Bonchev–Trinajstić information content (AvgIpc) is 2.49. The maximum absolute atomic E-state index is 11.2. The third kappa shape index (κ3) is 4.12. The molecule has 0 bridgehead atoms. The Morgan fingerprint density at radius 3 is 2.30 bits per heavy atom. The Bertz CT molecular complexity index is 535. The maximum atomic E-state index is 11.2. The summed E-state index contributed by atoms with van der Waals surface area (Å²) >= 11 is 0. The Kier molecular flexibility index (Phi) is 5.18. The van der Waals surface area contributed by atoms with Crippen LogP contribution in [0.5, 0.6) is 0 Å². The van der Waals surface area contributed by atoms with E-state index in [0.29, 0.717) is 19.6 Å². The molecule has 2 aromatic rings. The highest BCUT2D eigenvalue weighted by Gasteiger charge is 2.01. The van der Waals surface area contributed by atoms with Crippen molar-refractivity contribution < 1.29 is 9.53 Å². The maximum Gasteiger partial charge on any atom is 0.307 e. The summed E-state index contributed by atoms with van der Waals surface area (Å²) in [6.07, 6.45) is 0.383. The van der Waals surface area contributed by atoms with E-state index in [-0.39, 0.29) is 5.97 Å². The van der Waals surface area contributed by atoms with Gasteiger partial charge in [-0.2, -0.15) is 0 Å². The smallest absolute Gasteiger partial charge is 0.307 e. The summed E-state index contributed by atoms with van der Waals surface area (Å²) < 4.78 is 4.88. The van der Waals surface area contributed by atoms with Gasteiger partial charge in [0.1, 0.15) is 0 Å². The van der Waals surface area contributed by atoms with Gasteiger partial charge in [0, 0.05) is 12.2 Å². The number of nitrogens with one attached hydrogen (secondary N) is 1. The molecule has 0 amide bonds. The fourth-order valence-corrected chi connectivity index (χ4v) is 1.95. The summed E-state index contributed by atoms with van der Waals surface area (Å²) in [5, 5.41) is 3.21. The van der Waals surface area contributed by atoms with Crippen molar-refractivity contribution in [2.45, 2.75) is 13.3 Å². The molecule has 0 aliphatic heterocycles. The normalized spacial score (nSPS) is 10.1. The summed E-state index contributed by atoms with van der Waals surface area (Å²) in [4.78, 5) is 11.2. The molecule has 3 nitrogen and oxygen atoms in total. The molecule has 0 aliphatic carbocycles. The lowest BCUT2D eigenvalue weighted by Crippen LogP contribution is -2.11. The van der Waals surface area contributed by atoms with Crippen molar-refractivity contribution in [1.29, 1.82) is 0 Å². The number of hydrogen-bond donors (Lipinski definition) is 1. The first-order chi connectivity index (χ1) is 9.79. The Morgan fingerprint density at radius 2 is 1.65 bits per heavy atom. The van der Waals surface area contributed by atoms with Crippen molar-refractivity contribution in [1.82, 2.24) is 0 Å². The molecule has 0 spiro atoms. The molecule has 1 N–H and O–H groups in total. The minimum Gasteiger partial charge on any atom is -0.466 e. The molecule has 0 aromatic heterocycles.